The van der Waals surface area contributed by atoms with E-state index in [0.29, 0.717) is 56.4 Å². The molecule has 9 heteroatoms. The number of rotatable bonds is 2. The van der Waals surface area contributed by atoms with Gasteiger partial charge in [0.1, 0.15) is 6.04 Å². The first-order chi connectivity index (χ1) is 12.6. The van der Waals surface area contributed by atoms with Gasteiger partial charge in [0, 0.05) is 38.3 Å². The van der Waals surface area contributed by atoms with Crippen LogP contribution in [0.15, 0.2) is 18.2 Å². The van der Waals surface area contributed by atoms with Gasteiger partial charge >= 0.3 is 0 Å². The zero-order valence-corrected chi connectivity index (χ0v) is 16.0. The summed E-state index contributed by atoms with van der Waals surface area (Å²) in [5.74, 6) is 1.26. The number of hydrogen-bond acceptors (Lipinski definition) is 6. The number of nitrogens with zero attached hydrogens (tertiary/aromatic N) is 2. The van der Waals surface area contributed by atoms with Crippen molar-refractivity contribution in [2.75, 3.05) is 46.1 Å². The lowest BCUT2D eigenvalue weighted by atomic mass is 10.1. The van der Waals surface area contributed by atoms with Gasteiger partial charge in [0.15, 0.2) is 11.5 Å². The molecule has 8 nitrogen and oxygen atoms in total. The number of morpholine rings is 1. The van der Waals surface area contributed by atoms with Crippen molar-refractivity contribution in [3.63, 3.8) is 0 Å². The van der Waals surface area contributed by atoms with Crippen molar-refractivity contribution in [2.45, 2.75) is 19.1 Å². The molecule has 1 aromatic carbocycles. The zero-order chi connectivity index (χ0) is 18.1. The molecular formula is C18H24ClN3O5. The van der Waals surface area contributed by atoms with E-state index in [9.17, 15) is 9.59 Å². The van der Waals surface area contributed by atoms with E-state index in [1.807, 2.05) is 11.8 Å². The monoisotopic (exact) mass is 397 g/mol. The van der Waals surface area contributed by atoms with Crippen LogP contribution in [0.2, 0.25) is 0 Å². The number of amides is 2. The summed E-state index contributed by atoms with van der Waals surface area (Å²) < 4.78 is 16.2. The molecule has 0 aliphatic carbocycles. The molecule has 3 heterocycles. The van der Waals surface area contributed by atoms with Crippen LogP contribution in [0.4, 0.5) is 0 Å². The van der Waals surface area contributed by atoms with Gasteiger partial charge in [-0.25, -0.2) is 0 Å². The molecular weight excluding hydrogens is 374 g/mol. The van der Waals surface area contributed by atoms with E-state index in [4.69, 9.17) is 14.2 Å². The molecule has 0 aromatic heterocycles. The maximum absolute atomic E-state index is 12.7. The predicted octanol–water partition coefficient (Wildman–Crippen LogP) is 0.498. The fourth-order valence-corrected chi connectivity index (χ4v) is 3.55. The first-order valence-electron chi connectivity index (χ1n) is 8.96. The van der Waals surface area contributed by atoms with Gasteiger partial charge in [-0.1, -0.05) is 0 Å². The van der Waals surface area contributed by atoms with Gasteiger partial charge < -0.3 is 29.3 Å². The first-order valence-corrected chi connectivity index (χ1v) is 8.96. The maximum atomic E-state index is 12.7. The summed E-state index contributed by atoms with van der Waals surface area (Å²) in [6, 6.07) is 4.91. The second kappa shape index (κ2) is 8.33. The van der Waals surface area contributed by atoms with Crippen molar-refractivity contribution >= 4 is 24.2 Å². The third-order valence-electron chi connectivity index (χ3n) is 5.08. The van der Waals surface area contributed by atoms with E-state index >= 15 is 0 Å². The van der Waals surface area contributed by atoms with Crippen LogP contribution in [0.1, 0.15) is 17.3 Å². The SMILES string of the molecule is C[C@H]1OCCN[C@@H]1C(=O)N1CCN(C(=O)c2ccc3c(c2)OCO3)CC1.Cl. The zero-order valence-electron chi connectivity index (χ0n) is 15.2. The topological polar surface area (TPSA) is 80.3 Å². The van der Waals surface area contributed by atoms with Crippen LogP contribution in [-0.2, 0) is 9.53 Å². The summed E-state index contributed by atoms with van der Waals surface area (Å²) >= 11 is 0. The van der Waals surface area contributed by atoms with Crippen molar-refractivity contribution < 1.29 is 23.8 Å². The molecule has 4 rings (SSSR count). The summed E-state index contributed by atoms with van der Waals surface area (Å²) in [7, 11) is 0. The van der Waals surface area contributed by atoms with E-state index in [0.717, 1.165) is 0 Å². The minimum Gasteiger partial charge on any atom is -0.454 e. The minimum absolute atomic E-state index is 0. The number of hydrogen-bond donors (Lipinski definition) is 1. The normalized spacial score (nSPS) is 24.3. The summed E-state index contributed by atoms with van der Waals surface area (Å²) in [5.41, 5.74) is 0.574. The third kappa shape index (κ3) is 3.97. The van der Waals surface area contributed by atoms with Crippen molar-refractivity contribution in [1.82, 2.24) is 15.1 Å². The summed E-state index contributed by atoms with van der Waals surface area (Å²) in [5, 5.41) is 3.23. The Bertz CT molecular complexity index is 708. The number of fused-ring (bicyclic) bond motifs is 1. The molecule has 2 saturated heterocycles. The van der Waals surface area contributed by atoms with Gasteiger partial charge in [0.25, 0.3) is 5.91 Å². The molecule has 0 saturated carbocycles. The van der Waals surface area contributed by atoms with E-state index in [-0.39, 0.29) is 43.2 Å². The van der Waals surface area contributed by atoms with Crippen LogP contribution in [0, 0.1) is 0 Å². The highest BCUT2D eigenvalue weighted by atomic mass is 35.5. The fourth-order valence-electron chi connectivity index (χ4n) is 3.55. The summed E-state index contributed by atoms with van der Waals surface area (Å²) in [6.45, 7) is 5.49. The highest BCUT2D eigenvalue weighted by Gasteiger charge is 2.34. The Labute approximate surface area is 164 Å². The largest absolute Gasteiger partial charge is 0.454 e. The second-order valence-corrected chi connectivity index (χ2v) is 6.69. The average molecular weight is 398 g/mol. The maximum Gasteiger partial charge on any atom is 0.254 e. The van der Waals surface area contributed by atoms with Crippen molar-refractivity contribution in [3.05, 3.63) is 23.8 Å². The molecule has 0 bridgehead atoms. The van der Waals surface area contributed by atoms with Crippen LogP contribution in [0.25, 0.3) is 0 Å². The van der Waals surface area contributed by atoms with Gasteiger partial charge in [-0.2, -0.15) is 0 Å². The summed E-state index contributed by atoms with van der Waals surface area (Å²) in [4.78, 5) is 29.0. The van der Waals surface area contributed by atoms with Crippen molar-refractivity contribution in [1.29, 1.82) is 0 Å². The summed E-state index contributed by atoms with van der Waals surface area (Å²) in [6.07, 6.45) is -0.135. The smallest absolute Gasteiger partial charge is 0.254 e. The van der Waals surface area contributed by atoms with Gasteiger partial charge in [-0.3, -0.25) is 9.59 Å². The molecule has 1 aromatic rings. The minimum atomic E-state index is -0.306. The first kappa shape index (κ1) is 19.7. The number of benzene rings is 1. The Balaban J connectivity index is 0.00000210. The predicted molar refractivity (Wildman–Crippen MR) is 99.5 cm³/mol. The molecule has 0 radical (unpaired) electrons. The van der Waals surface area contributed by atoms with Crippen LogP contribution >= 0.6 is 12.4 Å². The van der Waals surface area contributed by atoms with Crippen molar-refractivity contribution in [2.24, 2.45) is 0 Å². The molecule has 2 atom stereocenters. The molecule has 27 heavy (non-hydrogen) atoms. The average Bonchev–Trinajstić information content (AvgIpc) is 3.15. The van der Waals surface area contributed by atoms with Gasteiger partial charge in [0.05, 0.1) is 12.7 Å². The highest BCUT2D eigenvalue weighted by Crippen LogP contribution is 2.32. The number of carbonyl (C=O) groups is 2. The van der Waals surface area contributed by atoms with Crippen LogP contribution < -0.4 is 14.8 Å². The van der Waals surface area contributed by atoms with E-state index in [1.165, 1.54) is 0 Å². The quantitative estimate of drug-likeness (QED) is 0.782. The lowest BCUT2D eigenvalue weighted by Crippen LogP contribution is -2.60. The van der Waals surface area contributed by atoms with Crippen LogP contribution in [0.3, 0.4) is 0 Å². The third-order valence-corrected chi connectivity index (χ3v) is 5.08. The number of nitrogens with one attached hydrogen (secondary N) is 1. The van der Waals surface area contributed by atoms with E-state index in [1.54, 1.807) is 23.1 Å². The molecule has 1 N–H and O–H groups in total. The molecule has 2 amide bonds. The second-order valence-electron chi connectivity index (χ2n) is 6.69. The lowest BCUT2D eigenvalue weighted by Gasteiger charge is -2.38. The number of halogens is 1. The van der Waals surface area contributed by atoms with Crippen molar-refractivity contribution in [3.8, 4) is 11.5 Å². The fraction of sp³-hybridized carbons (Fsp3) is 0.556. The molecule has 2 fully saturated rings. The molecule has 148 valence electrons. The standard InChI is InChI=1S/C18H23N3O5.ClH/c1-12-16(19-4-9-24-12)18(23)21-7-5-20(6-8-21)17(22)13-2-3-14-15(10-13)26-11-25-14;/h2-3,10,12,16,19H,4-9,11H2,1H3;1H/t12-,16+;/m1./s1. The Kier molecular flexibility index (Phi) is 6.08. The van der Waals surface area contributed by atoms with Crippen LogP contribution in [-0.4, -0.2) is 79.9 Å². The molecule has 0 spiro atoms. The molecule has 3 aliphatic heterocycles. The highest BCUT2D eigenvalue weighted by molar-refractivity contribution is 5.95. The van der Waals surface area contributed by atoms with Gasteiger partial charge in [-0.05, 0) is 25.1 Å². The Hall–Kier alpha value is -2.03. The molecule has 0 unspecified atom stereocenters. The lowest BCUT2D eigenvalue weighted by molar-refractivity contribution is -0.140. The number of piperazine rings is 1. The Morgan fingerprint density at radius 2 is 1.78 bits per heavy atom. The number of ether oxygens (including phenoxy) is 3. The van der Waals surface area contributed by atoms with Gasteiger partial charge in [0.2, 0.25) is 12.7 Å². The van der Waals surface area contributed by atoms with E-state index in [2.05, 4.69) is 5.32 Å². The Morgan fingerprint density at radius 3 is 2.52 bits per heavy atom. The van der Waals surface area contributed by atoms with E-state index < -0.39 is 0 Å². The van der Waals surface area contributed by atoms with Crippen LogP contribution in [0.5, 0.6) is 11.5 Å². The number of carbonyl (C=O) groups excluding carboxylic acids is 2. The van der Waals surface area contributed by atoms with Gasteiger partial charge in [-0.15, -0.1) is 12.4 Å². The Morgan fingerprint density at radius 1 is 1.07 bits per heavy atom. The molecule has 3 aliphatic rings.